The molecular weight excluding hydrogens is 726 g/mol. The fourth-order valence-corrected chi connectivity index (χ4v) is 16.5. The van der Waals surface area contributed by atoms with Gasteiger partial charge in [-0.2, -0.15) is 13.2 Å². The highest BCUT2D eigenvalue weighted by Gasteiger charge is 2.54. The van der Waals surface area contributed by atoms with Crippen LogP contribution in [0.1, 0.15) is 114 Å². The molecule has 53 heavy (non-hydrogen) atoms. The SMILES string of the molecule is C=C1[C@H](O[Si](CC)(CC)CC)CC(=CC=C2CCC[C@]3(C)C([C@H](C)OC(=O)CCC(C)(O[Si](C)(C)C)C(F)(F)F)=CC[C@@H]23)C[C@H]1O[Si](CC)(CC)CC. The lowest BCUT2D eigenvalue weighted by atomic mass is 9.63. The van der Waals surface area contributed by atoms with Crippen LogP contribution in [0.2, 0.25) is 55.9 Å². The molecule has 2 saturated carbocycles. The molecule has 3 aliphatic rings. The number of ether oxygens (including phenoxy) is 1. The molecule has 304 valence electrons. The molecule has 0 amide bonds. The van der Waals surface area contributed by atoms with Gasteiger partial charge in [-0.25, -0.2) is 0 Å². The van der Waals surface area contributed by atoms with E-state index in [0.717, 1.165) is 92.9 Å². The van der Waals surface area contributed by atoms with Crippen molar-refractivity contribution in [3.05, 3.63) is 47.1 Å². The Morgan fingerprint density at radius 2 is 1.45 bits per heavy atom. The fourth-order valence-electron chi connectivity index (χ4n) is 9.30. The van der Waals surface area contributed by atoms with Crippen LogP contribution < -0.4 is 0 Å². The number of carbonyl (C=O) groups excluding carboxylic acids is 1. The Labute approximate surface area is 324 Å². The van der Waals surface area contributed by atoms with Crippen LogP contribution in [0.3, 0.4) is 0 Å². The number of allylic oxidation sites excluding steroid dienone is 4. The van der Waals surface area contributed by atoms with Gasteiger partial charge in [0.25, 0.3) is 0 Å². The van der Waals surface area contributed by atoms with E-state index in [4.69, 9.17) is 18.0 Å². The third-order valence-corrected chi connectivity index (χ3v) is 23.6. The average molecular weight is 799 g/mol. The van der Waals surface area contributed by atoms with Crippen molar-refractivity contribution in [1.29, 1.82) is 0 Å². The van der Waals surface area contributed by atoms with E-state index in [9.17, 15) is 18.0 Å². The van der Waals surface area contributed by atoms with Crippen LogP contribution in [-0.4, -0.2) is 61.0 Å². The quantitative estimate of drug-likeness (QED) is 0.0785. The van der Waals surface area contributed by atoms with Crippen LogP contribution in [0.15, 0.2) is 47.1 Å². The Bertz CT molecular complexity index is 1310. The van der Waals surface area contributed by atoms with Gasteiger partial charge >= 0.3 is 12.1 Å². The lowest BCUT2D eigenvalue weighted by Crippen LogP contribution is -2.51. The van der Waals surface area contributed by atoms with Gasteiger partial charge in [0.15, 0.2) is 25.0 Å². The first kappa shape index (κ1) is 46.1. The topological polar surface area (TPSA) is 54.0 Å². The first-order valence-electron chi connectivity index (χ1n) is 20.7. The maximum atomic E-state index is 14.0. The first-order valence-corrected chi connectivity index (χ1v) is 29.2. The minimum Gasteiger partial charge on any atom is -0.458 e. The first-order chi connectivity index (χ1) is 24.6. The molecule has 2 fully saturated rings. The summed E-state index contributed by atoms with van der Waals surface area (Å²) >= 11 is 0. The van der Waals surface area contributed by atoms with Gasteiger partial charge in [-0.3, -0.25) is 4.79 Å². The molecular formula is C42H73F3O5Si3. The number of rotatable bonds is 18. The molecule has 3 aliphatic carbocycles. The van der Waals surface area contributed by atoms with Gasteiger partial charge in [0, 0.05) is 6.42 Å². The van der Waals surface area contributed by atoms with Crippen LogP contribution in [0.5, 0.6) is 0 Å². The summed E-state index contributed by atoms with van der Waals surface area (Å²) in [6, 6.07) is 6.58. The second-order valence-electron chi connectivity index (χ2n) is 17.5. The van der Waals surface area contributed by atoms with E-state index >= 15 is 0 Å². The van der Waals surface area contributed by atoms with Crippen LogP contribution in [0, 0.1) is 11.3 Å². The minimum atomic E-state index is -4.58. The van der Waals surface area contributed by atoms with E-state index in [0.29, 0.717) is 5.92 Å². The number of fused-ring (bicyclic) bond motifs is 1. The molecule has 5 nitrogen and oxygen atoms in total. The van der Waals surface area contributed by atoms with Gasteiger partial charge in [-0.05, 0) is 137 Å². The van der Waals surface area contributed by atoms with Crippen molar-refractivity contribution in [2.24, 2.45) is 11.3 Å². The van der Waals surface area contributed by atoms with E-state index in [2.05, 4.69) is 73.3 Å². The molecule has 0 heterocycles. The van der Waals surface area contributed by atoms with Gasteiger partial charge in [0.2, 0.25) is 0 Å². The predicted octanol–water partition coefficient (Wildman–Crippen LogP) is 13.0. The largest absolute Gasteiger partial charge is 0.458 e. The Hall–Kier alpha value is -1.25. The Morgan fingerprint density at radius 3 is 1.91 bits per heavy atom. The third kappa shape index (κ3) is 11.0. The molecule has 0 N–H and O–H groups in total. The Kier molecular flexibility index (Phi) is 16.0. The average Bonchev–Trinajstić information content (AvgIpc) is 3.46. The summed E-state index contributed by atoms with van der Waals surface area (Å²) in [7, 11) is -6.29. The summed E-state index contributed by atoms with van der Waals surface area (Å²) in [5.41, 5.74) is 2.43. The number of carbonyl (C=O) groups is 1. The molecule has 6 atom stereocenters. The molecule has 0 radical (unpaired) electrons. The van der Waals surface area contributed by atoms with Crippen molar-refractivity contribution >= 4 is 30.9 Å². The summed E-state index contributed by atoms with van der Waals surface area (Å²) in [5.74, 6) is -0.326. The van der Waals surface area contributed by atoms with E-state index in [-0.39, 0.29) is 24.0 Å². The summed E-state index contributed by atoms with van der Waals surface area (Å²) in [6.45, 7) is 28.7. The van der Waals surface area contributed by atoms with E-state index in [1.807, 2.05) is 6.92 Å². The van der Waals surface area contributed by atoms with Gasteiger partial charge in [0.05, 0.1) is 12.2 Å². The van der Waals surface area contributed by atoms with E-state index < -0.39 is 55.2 Å². The maximum Gasteiger partial charge on any atom is 0.416 e. The summed E-state index contributed by atoms with van der Waals surface area (Å²) < 4.78 is 67.8. The summed E-state index contributed by atoms with van der Waals surface area (Å²) in [4.78, 5) is 13.0. The lowest BCUT2D eigenvalue weighted by Gasteiger charge is -2.43. The highest BCUT2D eigenvalue weighted by atomic mass is 28.4. The fraction of sp³-hybridized carbons (Fsp3) is 0.786. The van der Waals surface area contributed by atoms with Crippen molar-refractivity contribution in [3.8, 4) is 0 Å². The highest BCUT2D eigenvalue weighted by Crippen LogP contribution is 2.56. The number of hydrogen-bond acceptors (Lipinski definition) is 5. The van der Waals surface area contributed by atoms with Crippen LogP contribution in [0.25, 0.3) is 0 Å². The van der Waals surface area contributed by atoms with E-state index in [1.165, 1.54) is 11.1 Å². The van der Waals surface area contributed by atoms with E-state index in [1.54, 1.807) is 19.6 Å². The molecule has 3 rings (SSSR count). The number of hydrogen-bond donors (Lipinski definition) is 0. The van der Waals surface area contributed by atoms with Gasteiger partial charge in [-0.1, -0.05) is 84.4 Å². The lowest BCUT2D eigenvalue weighted by molar-refractivity contribution is -0.247. The van der Waals surface area contributed by atoms with Crippen LogP contribution >= 0.6 is 0 Å². The predicted molar refractivity (Wildman–Crippen MR) is 221 cm³/mol. The molecule has 1 unspecified atom stereocenters. The molecule has 0 saturated heterocycles. The Morgan fingerprint density at radius 1 is 0.943 bits per heavy atom. The second kappa shape index (κ2) is 18.3. The molecule has 0 aromatic carbocycles. The molecule has 0 bridgehead atoms. The zero-order valence-corrected chi connectivity index (χ0v) is 38.3. The summed E-state index contributed by atoms with van der Waals surface area (Å²) in [5, 5.41) is 0. The molecule has 0 aromatic rings. The van der Waals surface area contributed by atoms with Gasteiger partial charge in [0.1, 0.15) is 11.7 Å². The minimum absolute atomic E-state index is 0.0230. The number of esters is 1. The van der Waals surface area contributed by atoms with Gasteiger partial charge in [-0.15, -0.1) is 0 Å². The standard InChI is InChI=1S/C42H73F3O5Si3/c1-14-52(15-2,16-3)48-37-29-33(30-38(31(37)7)49-53(17-4,18-5)19-6)22-23-34-21-20-27-40(9)35(24-25-36(34)40)32(8)47-39(46)26-28-41(10,42(43,44)45)50-51(11,12)13/h22-24,32,36-38H,7,14-21,25-30H2,1-6,8-13H3/t32-,36-,37+,38+,40+,41?/m0/s1. The van der Waals surface area contributed by atoms with Crippen molar-refractivity contribution < 1.29 is 36.0 Å². The maximum absolute atomic E-state index is 14.0. The highest BCUT2D eigenvalue weighted by molar-refractivity contribution is 6.74. The van der Waals surface area contributed by atoms with Crippen molar-refractivity contribution in [1.82, 2.24) is 0 Å². The monoisotopic (exact) mass is 798 g/mol. The second-order valence-corrected chi connectivity index (χ2v) is 31.4. The number of alkyl halides is 3. The van der Waals surface area contributed by atoms with Crippen molar-refractivity contribution in [3.63, 3.8) is 0 Å². The van der Waals surface area contributed by atoms with Crippen LogP contribution in [-0.2, 0) is 22.8 Å². The molecule has 11 heteroatoms. The normalized spacial score (nSPS) is 27.0. The zero-order chi connectivity index (χ0) is 40.0. The zero-order valence-electron chi connectivity index (χ0n) is 35.3. The molecule has 0 aromatic heterocycles. The Balaban J connectivity index is 1.81. The van der Waals surface area contributed by atoms with Crippen molar-refractivity contribution in [2.75, 3.05) is 0 Å². The molecule has 0 spiro atoms. The number of halogens is 3. The molecule has 0 aliphatic heterocycles. The smallest absolute Gasteiger partial charge is 0.416 e. The summed E-state index contributed by atoms with van der Waals surface area (Å²) in [6.07, 6.45) is 6.58. The third-order valence-electron chi connectivity index (χ3n) is 13.2. The van der Waals surface area contributed by atoms with Crippen LogP contribution in [0.4, 0.5) is 13.2 Å². The van der Waals surface area contributed by atoms with Gasteiger partial charge < -0.3 is 18.0 Å². The van der Waals surface area contributed by atoms with Crippen molar-refractivity contribution in [2.45, 2.75) is 200 Å².